The van der Waals surface area contributed by atoms with Crippen molar-refractivity contribution >= 4 is 29.9 Å². The summed E-state index contributed by atoms with van der Waals surface area (Å²) in [6.07, 6.45) is 3.79. The van der Waals surface area contributed by atoms with Gasteiger partial charge in [0.1, 0.15) is 12.0 Å². The highest BCUT2D eigenvalue weighted by Gasteiger charge is 2.41. The molecule has 0 saturated heterocycles. The van der Waals surface area contributed by atoms with Gasteiger partial charge in [0.05, 0.1) is 13.2 Å². The first-order valence-corrected chi connectivity index (χ1v) is 8.79. The van der Waals surface area contributed by atoms with Crippen LogP contribution in [0.5, 0.6) is 0 Å². The standard InChI is InChI=1S/C19H26N4O2.HI/c1-3-20-18(22-12-19(13-24)8-9-19)21-10-16-11-25-17(23-16)15-6-4-14(2)5-7-15;/h4-7,11,24H,3,8-10,12-13H2,1-2H3,(H2,20,21,22);1H. The van der Waals surface area contributed by atoms with Gasteiger partial charge in [-0.15, -0.1) is 24.0 Å². The van der Waals surface area contributed by atoms with E-state index in [0.717, 1.165) is 43.1 Å². The fraction of sp³-hybridized carbons (Fsp3) is 0.474. The maximum atomic E-state index is 9.41. The molecule has 0 atom stereocenters. The fourth-order valence-corrected chi connectivity index (χ4v) is 2.55. The molecule has 1 aromatic heterocycles. The second kappa shape index (κ2) is 9.36. The van der Waals surface area contributed by atoms with Gasteiger partial charge in [0.2, 0.25) is 5.89 Å². The Morgan fingerprint density at radius 3 is 2.62 bits per heavy atom. The van der Waals surface area contributed by atoms with Gasteiger partial charge in [0.25, 0.3) is 0 Å². The second-order valence-corrected chi connectivity index (χ2v) is 6.72. The Kier molecular flexibility index (Phi) is 7.45. The first kappa shape index (κ1) is 20.7. The number of aliphatic hydroxyl groups excluding tert-OH is 1. The topological polar surface area (TPSA) is 82.7 Å². The zero-order chi connectivity index (χ0) is 17.7. The van der Waals surface area contributed by atoms with Crippen molar-refractivity contribution < 1.29 is 9.52 Å². The number of aliphatic imine (C=N–C) groups is 1. The van der Waals surface area contributed by atoms with Crippen molar-refractivity contribution in [2.45, 2.75) is 33.2 Å². The van der Waals surface area contributed by atoms with Crippen LogP contribution in [0.15, 0.2) is 39.9 Å². The first-order valence-electron chi connectivity index (χ1n) is 8.79. The minimum Gasteiger partial charge on any atom is -0.444 e. The molecule has 7 heteroatoms. The molecule has 0 aliphatic heterocycles. The third-order valence-corrected chi connectivity index (χ3v) is 4.52. The van der Waals surface area contributed by atoms with Gasteiger partial charge in [-0.2, -0.15) is 0 Å². The van der Waals surface area contributed by atoms with E-state index in [2.05, 4.69) is 27.5 Å². The lowest BCUT2D eigenvalue weighted by molar-refractivity contribution is 0.212. The predicted molar refractivity (Wildman–Crippen MR) is 114 cm³/mol. The van der Waals surface area contributed by atoms with E-state index in [1.54, 1.807) is 6.26 Å². The molecule has 2 aromatic rings. The van der Waals surface area contributed by atoms with Crippen LogP contribution in [-0.2, 0) is 6.54 Å². The van der Waals surface area contributed by atoms with E-state index in [4.69, 9.17) is 4.42 Å². The van der Waals surface area contributed by atoms with Crippen LogP contribution in [0.4, 0.5) is 0 Å². The number of aliphatic hydroxyl groups is 1. The fourth-order valence-electron chi connectivity index (χ4n) is 2.55. The number of oxazole rings is 1. The smallest absolute Gasteiger partial charge is 0.226 e. The highest BCUT2D eigenvalue weighted by Crippen LogP contribution is 2.44. The van der Waals surface area contributed by atoms with E-state index in [1.165, 1.54) is 5.56 Å². The average molecular weight is 470 g/mol. The van der Waals surface area contributed by atoms with Gasteiger partial charge in [0.15, 0.2) is 5.96 Å². The largest absolute Gasteiger partial charge is 0.444 e. The number of hydrogen-bond acceptors (Lipinski definition) is 4. The van der Waals surface area contributed by atoms with Crippen LogP contribution in [0.25, 0.3) is 11.5 Å². The van der Waals surface area contributed by atoms with E-state index < -0.39 is 0 Å². The third-order valence-electron chi connectivity index (χ3n) is 4.52. The summed E-state index contributed by atoms with van der Waals surface area (Å²) in [5, 5.41) is 15.9. The molecule has 26 heavy (non-hydrogen) atoms. The molecule has 0 unspecified atom stereocenters. The van der Waals surface area contributed by atoms with Crippen LogP contribution in [-0.4, -0.2) is 35.7 Å². The molecule has 3 N–H and O–H groups in total. The second-order valence-electron chi connectivity index (χ2n) is 6.72. The van der Waals surface area contributed by atoms with Crippen molar-refractivity contribution in [3.63, 3.8) is 0 Å². The number of aryl methyl sites for hydroxylation is 1. The normalized spacial score (nSPS) is 15.3. The summed E-state index contributed by atoms with van der Waals surface area (Å²) in [4.78, 5) is 9.07. The predicted octanol–water partition coefficient (Wildman–Crippen LogP) is 3.10. The molecule has 1 aliphatic carbocycles. The van der Waals surface area contributed by atoms with Gasteiger partial charge in [-0.1, -0.05) is 17.7 Å². The van der Waals surface area contributed by atoms with Crippen LogP contribution in [0, 0.1) is 12.3 Å². The number of rotatable bonds is 7. The van der Waals surface area contributed by atoms with Gasteiger partial charge in [0, 0.05) is 24.1 Å². The summed E-state index contributed by atoms with van der Waals surface area (Å²) in [5.74, 6) is 1.35. The Bertz CT molecular complexity index is 723. The van der Waals surface area contributed by atoms with Crippen LogP contribution >= 0.6 is 24.0 Å². The molecule has 1 heterocycles. The Morgan fingerprint density at radius 2 is 2.00 bits per heavy atom. The third kappa shape index (κ3) is 5.44. The number of nitrogens with one attached hydrogen (secondary N) is 2. The molecule has 1 aromatic carbocycles. The van der Waals surface area contributed by atoms with Crippen molar-refractivity contribution in [2.24, 2.45) is 10.4 Å². The maximum absolute atomic E-state index is 9.41. The van der Waals surface area contributed by atoms with Crippen molar-refractivity contribution in [3.8, 4) is 11.5 Å². The Balaban J connectivity index is 0.00000243. The van der Waals surface area contributed by atoms with Gasteiger partial charge >= 0.3 is 0 Å². The summed E-state index contributed by atoms with van der Waals surface area (Å²) in [6, 6.07) is 8.09. The summed E-state index contributed by atoms with van der Waals surface area (Å²) >= 11 is 0. The highest BCUT2D eigenvalue weighted by atomic mass is 127. The number of halogens is 1. The molecule has 0 bridgehead atoms. The maximum Gasteiger partial charge on any atom is 0.226 e. The Hall–Kier alpha value is -1.61. The van der Waals surface area contributed by atoms with E-state index in [-0.39, 0.29) is 36.0 Å². The molecule has 0 spiro atoms. The highest BCUT2D eigenvalue weighted by molar-refractivity contribution is 14.0. The number of hydrogen-bond donors (Lipinski definition) is 3. The summed E-state index contributed by atoms with van der Waals surface area (Å²) in [5.41, 5.74) is 3.00. The molecular formula is C19H27IN4O2. The molecule has 142 valence electrons. The Labute approximate surface area is 171 Å². The van der Waals surface area contributed by atoms with Gasteiger partial charge in [-0.25, -0.2) is 9.98 Å². The van der Waals surface area contributed by atoms with Crippen LogP contribution in [0.2, 0.25) is 0 Å². The van der Waals surface area contributed by atoms with E-state index in [1.807, 2.05) is 31.2 Å². The minimum atomic E-state index is 0. The molecule has 1 aliphatic rings. The van der Waals surface area contributed by atoms with Crippen LogP contribution < -0.4 is 10.6 Å². The zero-order valence-corrected chi connectivity index (χ0v) is 17.6. The van der Waals surface area contributed by atoms with E-state index >= 15 is 0 Å². The van der Waals surface area contributed by atoms with Crippen molar-refractivity contribution in [3.05, 3.63) is 41.8 Å². The molecule has 6 nitrogen and oxygen atoms in total. The van der Waals surface area contributed by atoms with E-state index in [9.17, 15) is 5.11 Å². The van der Waals surface area contributed by atoms with E-state index in [0.29, 0.717) is 12.4 Å². The summed E-state index contributed by atoms with van der Waals surface area (Å²) in [7, 11) is 0. The number of guanidine groups is 1. The number of aromatic nitrogens is 1. The van der Waals surface area contributed by atoms with Crippen LogP contribution in [0.3, 0.4) is 0 Å². The van der Waals surface area contributed by atoms with Crippen LogP contribution in [0.1, 0.15) is 31.0 Å². The zero-order valence-electron chi connectivity index (χ0n) is 15.3. The van der Waals surface area contributed by atoms with Crippen molar-refractivity contribution in [1.82, 2.24) is 15.6 Å². The SMILES string of the molecule is CCNC(=NCc1coc(-c2ccc(C)cc2)n1)NCC1(CO)CC1.I. The lowest BCUT2D eigenvalue weighted by atomic mass is 10.1. The van der Waals surface area contributed by atoms with Gasteiger partial charge < -0.3 is 20.2 Å². The molecule has 0 radical (unpaired) electrons. The lowest BCUT2D eigenvalue weighted by Crippen LogP contribution is -2.41. The van der Waals surface area contributed by atoms with Crippen molar-refractivity contribution in [2.75, 3.05) is 19.7 Å². The molecule has 0 amide bonds. The van der Waals surface area contributed by atoms with Gasteiger partial charge in [-0.3, -0.25) is 0 Å². The molecule has 1 saturated carbocycles. The van der Waals surface area contributed by atoms with Gasteiger partial charge in [-0.05, 0) is 38.8 Å². The molecular weight excluding hydrogens is 443 g/mol. The molecule has 3 rings (SSSR count). The lowest BCUT2D eigenvalue weighted by Gasteiger charge is -2.16. The summed E-state index contributed by atoms with van der Waals surface area (Å²) in [6.45, 7) is 6.27. The quantitative estimate of drug-likeness (QED) is 0.329. The Morgan fingerprint density at radius 1 is 1.27 bits per heavy atom. The monoisotopic (exact) mass is 470 g/mol. The summed E-state index contributed by atoms with van der Waals surface area (Å²) < 4.78 is 5.57. The molecule has 1 fully saturated rings. The minimum absolute atomic E-state index is 0. The van der Waals surface area contributed by atoms with Crippen molar-refractivity contribution in [1.29, 1.82) is 0 Å². The number of benzene rings is 1. The number of nitrogens with zero attached hydrogens (tertiary/aromatic N) is 2. The first-order chi connectivity index (χ1) is 12.1. The average Bonchev–Trinajstić information content (AvgIpc) is 3.26.